The molecule has 168 valence electrons. The van der Waals surface area contributed by atoms with Gasteiger partial charge in [-0.3, -0.25) is 0 Å². The first-order valence-electron chi connectivity index (χ1n) is 10.6. The van der Waals surface area contributed by atoms with E-state index in [2.05, 4.69) is 44.3 Å². The minimum Gasteiger partial charge on any atom is -0.493 e. The van der Waals surface area contributed by atoms with E-state index in [-0.39, 0.29) is 12.1 Å². The monoisotopic (exact) mass is 444 g/mol. The van der Waals surface area contributed by atoms with Gasteiger partial charge in [0.25, 0.3) is 0 Å². The molecular weight excluding hydrogens is 420 g/mol. The van der Waals surface area contributed by atoms with Gasteiger partial charge in [-0.2, -0.15) is 9.67 Å². The molecule has 0 spiro atoms. The highest BCUT2D eigenvalue weighted by Crippen LogP contribution is 2.29. The maximum Gasteiger partial charge on any atom is 0.240 e. The molecule has 2 aromatic carbocycles. The Bertz CT molecular complexity index is 1260. The van der Waals surface area contributed by atoms with Crippen LogP contribution >= 0.6 is 0 Å². The molecule has 0 fully saturated rings. The highest BCUT2D eigenvalue weighted by molar-refractivity contribution is 5.44. The molecule has 2 aromatic heterocycles. The van der Waals surface area contributed by atoms with Gasteiger partial charge in [0.15, 0.2) is 17.3 Å². The predicted molar refractivity (Wildman–Crippen MR) is 122 cm³/mol. The molecular formula is C24H24N6O3. The highest BCUT2D eigenvalue weighted by atomic mass is 16.5. The molecule has 0 radical (unpaired) electrons. The third-order valence-corrected chi connectivity index (χ3v) is 5.65. The molecule has 9 heteroatoms. The van der Waals surface area contributed by atoms with Crippen LogP contribution in [0.4, 0.5) is 5.95 Å². The SMILES string of the molecule is COc1ccc(Cc2nc(N)nn2-c2cc(OC3Cc4ccccc4C3)ncn2)cc1OC. The van der Waals surface area contributed by atoms with Gasteiger partial charge in [0, 0.05) is 25.3 Å². The van der Waals surface area contributed by atoms with E-state index in [1.165, 1.54) is 17.5 Å². The van der Waals surface area contributed by atoms with Crippen LogP contribution in [0, 0.1) is 0 Å². The lowest BCUT2D eigenvalue weighted by Crippen LogP contribution is -2.17. The number of benzene rings is 2. The fourth-order valence-electron chi connectivity index (χ4n) is 4.12. The zero-order valence-electron chi connectivity index (χ0n) is 18.4. The number of fused-ring (bicyclic) bond motifs is 1. The lowest BCUT2D eigenvalue weighted by atomic mass is 10.1. The van der Waals surface area contributed by atoms with Crippen molar-refractivity contribution in [2.45, 2.75) is 25.4 Å². The van der Waals surface area contributed by atoms with E-state index >= 15 is 0 Å². The van der Waals surface area contributed by atoms with Crippen LogP contribution in [0.5, 0.6) is 17.4 Å². The predicted octanol–water partition coefficient (Wildman–Crippen LogP) is 2.79. The van der Waals surface area contributed by atoms with Crippen LogP contribution in [-0.2, 0) is 19.3 Å². The number of rotatable bonds is 7. The van der Waals surface area contributed by atoms with Crippen LogP contribution in [0.3, 0.4) is 0 Å². The van der Waals surface area contributed by atoms with Gasteiger partial charge in [-0.15, -0.1) is 5.10 Å². The second kappa shape index (κ2) is 8.78. The minimum absolute atomic E-state index is 0.0391. The molecule has 5 rings (SSSR count). The van der Waals surface area contributed by atoms with E-state index < -0.39 is 0 Å². The Labute approximate surface area is 191 Å². The molecule has 0 saturated heterocycles. The van der Waals surface area contributed by atoms with E-state index in [1.54, 1.807) is 25.0 Å². The highest BCUT2D eigenvalue weighted by Gasteiger charge is 2.23. The number of nitrogens with zero attached hydrogens (tertiary/aromatic N) is 5. The quantitative estimate of drug-likeness (QED) is 0.463. The van der Waals surface area contributed by atoms with Crippen molar-refractivity contribution in [1.29, 1.82) is 0 Å². The zero-order valence-corrected chi connectivity index (χ0v) is 18.4. The zero-order chi connectivity index (χ0) is 22.8. The summed E-state index contributed by atoms with van der Waals surface area (Å²) >= 11 is 0. The van der Waals surface area contributed by atoms with Gasteiger partial charge in [0.1, 0.15) is 18.3 Å². The summed E-state index contributed by atoms with van der Waals surface area (Å²) < 4.78 is 18.5. The Morgan fingerprint density at radius 3 is 2.45 bits per heavy atom. The lowest BCUT2D eigenvalue weighted by molar-refractivity contribution is 0.204. The molecule has 2 heterocycles. The normalized spacial score (nSPS) is 13.0. The Morgan fingerprint density at radius 1 is 0.970 bits per heavy atom. The van der Waals surface area contributed by atoms with E-state index in [1.807, 2.05) is 18.2 Å². The minimum atomic E-state index is 0.0391. The summed E-state index contributed by atoms with van der Waals surface area (Å²) in [5.41, 5.74) is 9.53. The van der Waals surface area contributed by atoms with E-state index in [4.69, 9.17) is 19.9 Å². The summed E-state index contributed by atoms with van der Waals surface area (Å²) in [5, 5.41) is 4.34. The average Bonchev–Trinajstić information content (AvgIpc) is 3.41. The summed E-state index contributed by atoms with van der Waals surface area (Å²) in [7, 11) is 3.21. The van der Waals surface area contributed by atoms with Crippen LogP contribution < -0.4 is 19.9 Å². The van der Waals surface area contributed by atoms with Gasteiger partial charge in [-0.25, -0.2) is 9.97 Å². The van der Waals surface area contributed by atoms with Crippen molar-refractivity contribution in [1.82, 2.24) is 24.7 Å². The number of nitrogens with two attached hydrogens (primary N) is 1. The third-order valence-electron chi connectivity index (χ3n) is 5.65. The number of methoxy groups -OCH3 is 2. The van der Waals surface area contributed by atoms with Crippen LogP contribution in [0.1, 0.15) is 22.5 Å². The maximum absolute atomic E-state index is 6.17. The van der Waals surface area contributed by atoms with Gasteiger partial charge >= 0.3 is 0 Å². The molecule has 1 aliphatic rings. The molecule has 0 aliphatic heterocycles. The molecule has 0 atom stereocenters. The Kier molecular flexibility index (Phi) is 5.52. The van der Waals surface area contributed by atoms with Gasteiger partial charge in [0.05, 0.1) is 14.2 Å². The van der Waals surface area contributed by atoms with E-state index in [0.717, 1.165) is 18.4 Å². The second-order valence-corrected chi connectivity index (χ2v) is 7.80. The van der Waals surface area contributed by atoms with Crippen LogP contribution in [0.2, 0.25) is 0 Å². The fraction of sp³-hybridized carbons (Fsp3) is 0.250. The molecule has 0 bridgehead atoms. The number of aromatic nitrogens is 5. The molecule has 33 heavy (non-hydrogen) atoms. The maximum atomic E-state index is 6.17. The van der Waals surface area contributed by atoms with Gasteiger partial charge < -0.3 is 19.9 Å². The van der Waals surface area contributed by atoms with Crippen molar-refractivity contribution in [3.8, 4) is 23.2 Å². The first-order chi connectivity index (χ1) is 16.1. The Morgan fingerprint density at radius 2 is 1.73 bits per heavy atom. The van der Waals surface area contributed by atoms with Crippen molar-refractivity contribution < 1.29 is 14.2 Å². The van der Waals surface area contributed by atoms with Gasteiger partial charge in [0.2, 0.25) is 11.8 Å². The van der Waals surface area contributed by atoms with Crippen LogP contribution in [-0.4, -0.2) is 45.1 Å². The summed E-state index contributed by atoms with van der Waals surface area (Å²) in [4.78, 5) is 13.1. The summed E-state index contributed by atoms with van der Waals surface area (Å²) in [6, 6.07) is 15.9. The van der Waals surface area contributed by atoms with Gasteiger partial charge in [-0.05, 0) is 28.8 Å². The Balaban J connectivity index is 1.37. The Hall–Kier alpha value is -4.14. The molecule has 1 aliphatic carbocycles. The van der Waals surface area contributed by atoms with E-state index in [9.17, 15) is 0 Å². The first-order valence-corrected chi connectivity index (χ1v) is 10.6. The number of hydrogen-bond donors (Lipinski definition) is 1. The van der Waals surface area contributed by atoms with Crippen molar-refractivity contribution in [2.24, 2.45) is 0 Å². The van der Waals surface area contributed by atoms with Crippen LogP contribution in [0.15, 0.2) is 54.9 Å². The largest absolute Gasteiger partial charge is 0.493 e. The molecule has 0 saturated carbocycles. The number of hydrogen-bond acceptors (Lipinski definition) is 8. The average molecular weight is 444 g/mol. The van der Waals surface area contributed by atoms with Crippen molar-refractivity contribution in [3.05, 3.63) is 77.4 Å². The number of nitrogen functional groups attached to an aromatic ring is 1. The summed E-state index contributed by atoms with van der Waals surface area (Å²) in [5.74, 6) is 3.13. The first kappa shape index (κ1) is 20.7. The number of ether oxygens (including phenoxy) is 3. The number of anilines is 1. The molecule has 2 N–H and O–H groups in total. The summed E-state index contributed by atoms with van der Waals surface area (Å²) in [6.45, 7) is 0. The molecule has 0 unspecified atom stereocenters. The smallest absolute Gasteiger partial charge is 0.240 e. The topological polar surface area (TPSA) is 110 Å². The third kappa shape index (κ3) is 4.30. The molecule has 4 aromatic rings. The van der Waals surface area contributed by atoms with Gasteiger partial charge in [-0.1, -0.05) is 30.3 Å². The fourth-order valence-corrected chi connectivity index (χ4v) is 4.12. The lowest BCUT2D eigenvalue weighted by Gasteiger charge is -2.13. The van der Waals surface area contributed by atoms with Crippen LogP contribution in [0.25, 0.3) is 5.82 Å². The van der Waals surface area contributed by atoms with Crippen molar-refractivity contribution in [3.63, 3.8) is 0 Å². The summed E-state index contributed by atoms with van der Waals surface area (Å²) in [6.07, 6.45) is 3.69. The van der Waals surface area contributed by atoms with Crippen molar-refractivity contribution >= 4 is 5.95 Å². The van der Waals surface area contributed by atoms with E-state index in [0.29, 0.717) is 35.4 Å². The second-order valence-electron chi connectivity index (χ2n) is 7.80. The molecule has 9 nitrogen and oxygen atoms in total. The van der Waals surface area contributed by atoms with Crippen molar-refractivity contribution in [2.75, 3.05) is 20.0 Å². The molecule has 0 amide bonds. The standard InChI is InChI=1S/C24H24N6O3/c1-31-19-8-7-15(9-20(19)32-2)10-22-28-24(25)29-30(22)21-13-23(27-14-26-21)33-18-11-16-5-3-4-6-17(16)12-18/h3-9,13-14,18H,10-12H2,1-2H3,(H2,25,29).